The van der Waals surface area contributed by atoms with Crippen LogP contribution in [0.1, 0.15) is 28.9 Å². The summed E-state index contributed by atoms with van der Waals surface area (Å²) in [7, 11) is 0. The highest BCUT2D eigenvalue weighted by atomic mass is 19.4. The van der Waals surface area contributed by atoms with Gasteiger partial charge in [0.05, 0.1) is 6.20 Å². The van der Waals surface area contributed by atoms with E-state index in [0.717, 1.165) is 0 Å². The Bertz CT molecular complexity index is 424. The number of primary amides is 1. The van der Waals surface area contributed by atoms with Crippen LogP contribution < -0.4 is 5.73 Å². The number of halogens is 4. The second kappa shape index (κ2) is 2.96. The predicted octanol–water partition coefficient (Wildman–Crippen LogP) is 1.42. The molecule has 1 aliphatic rings. The number of nitrogens with two attached hydrogens (primary N) is 1. The molecule has 0 saturated heterocycles. The third-order valence-electron chi connectivity index (χ3n) is 2.35. The van der Waals surface area contributed by atoms with E-state index in [9.17, 15) is 22.4 Å². The average molecular weight is 237 g/mol. The number of carbonyl (C=O) groups is 1. The Labute approximate surface area is 87.0 Å². The molecular weight excluding hydrogens is 230 g/mol. The zero-order valence-electron chi connectivity index (χ0n) is 7.88. The van der Waals surface area contributed by atoms with Crippen LogP contribution in [0.15, 0.2) is 6.20 Å². The van der Waals surface area contributed by atoms with Crippen molar-refractivity contribution >= 4 is 5.91 Å². The van der Waals surface area contributed by atoms with E-state index in [2.05, 4.69) is 5.10 Å². The lowest BCUT2D eigenvalue weighted by atomic mass is 10.2. The standard InChI is InChI=1S/C8H7F4N3O/c9-7(1-2-7)15-5(6(13)16)4(3-14-15)8(10,11)12/h3H,1-2H2,(H2,13,16). The Morgan fingerprint density at radius 2 is 2.06 bits per heavy atom. The first kappa shape index (κ1) is 10.9. The second-order valence-corrected chi connectivity index (χ2v) is 3.60. The molecular formula is C8H7F4N3O. The number of rotatable bonds is 2. The molecule has 0 radical (unpaired) electrons. The highest BCUT2D eigenvalue weighted by Crippen LogP contribution is 2.46. The lowest BCUT2D eigenvalue weighted by molar-refractivity contribution is -0.138. The Morgan fingerprint density at radius 3 is 2.44 bits per heavy atom. The number of aromatic nitrogens is 2. The highest BCUT2D eigenvalue weighted by Gasteiger charge is 2.50. The van der Waals surface area contributed by atoms with E-state index in [1.807, 2.05) is 0 Å². The summed E-state index contributed by atoms with van der Waals surface area (Å²) in [6.45, 7) is 0. The van der Waals surface area contributed by atoms with Gasteiger partial charge in [0.15, 0.2) is 0 Å². The van der Waals surface area contributed by atoms with Gasteiger partial charge in [-0.3, -0.25) is 4.79 Å². The summed E-state index contributed by atoms with van der Waals surface area (Å²) in [5.41, 5.74) is 2.59. The van der Waals surface area contributed by atoms with E-state index in [-0.39, 0.29) is 12.8 Å². The van der Waals surface area contributed by atoms with Gasteiger partial charge in [-0.1, -0.05) is 0 Å². The number of hydrogen-bond donors (Lipinski definition) is 1. The molecule has 88 valence electrons. The summed E-state index contributed by atoms with van der Waals surface area (Å²) in [4.78, 5) is 10.9. The van der Waals surface area contributed by atoms with Crippen LogP contribution in [0.3, 0.4) is 0 Å². The van der Waals surface area contributed by atoms with Crippen molar-refractivity contribution in [1.29, 1.82) is 0 Å². The molecule has 16 heavy (non-hydrogen) atoms. The molecule has 0 aliphatic heterocycles. The van der Waals surface area contributed by atoms with Crippen LogP contribution in [0.2, 0.25) is 0 Å². The van der Waals surface area contributed by atoms with E-state index in [4.69, 9.17) is 5.73 Å². The summed E-state index contributed by atoms with van der Waals surface area (Å²) in [6.07, 6.45) is -4.29. The first-order chi connectivity index (χ1) is 7.26. The van der Waals surface area contributed by atoms with Crippen LogP contribution in [0.5, 0.6) is 0 Å². The fraction of sp³-hybridized carbons (Fsp3) is 0.500. The lowest BCUT2D eigenvalue weighted by Crippen LogP contribution is -2.26. The number of alkyl halides is 4. The molecule has 1 aliphatic carbocycles. The van der Waals surface area contributed by atoms with Gasteiger partial charge in [0.25, 0.3) is 5.91 Å². The molecule has 0 spiro atoms. The first-order valence-electron chi connectivity index (χ1n) is 4.40. The minimum Gasteiger partial charge on any atom is -0.364 e. The molecule has 4 nitrogen and oxygen atoms in total. The van der Waals surface area contributed by atoms with E-state index in [1.54, 1.807) is 0 Å². The minimum absolute atomic E-state index is 0.0340. The maximum atomic E-state index is 13.6. The van der Waals surface area contributed by atoms with Gasteiger partial charge >= 0.3 is 6.18 Å². The van der Waals surface area contributed by atoms with Crippen molar-refractivity contribution in [2.24, 2.45) is 5.73 Å². The fourth-order valence-electron chi connectivity index (χ4n) is 1.41. The van der Waals surface area contributed by atoms with Gasteiger partial charge in [0.2, 0.25) is 5.79 Å². The summed E-state index contributed by atoms with van der Waals surface area (Å²) >= 11 is 0. The fourth-order valence-corrected chi connectivity index (χ4v) is 1.41. The van der Waals surface area contributed by atoms with Gasteiger partial charge in [-0.2, -0.15) is 18.3 Å². The van der Waals surface area contributed by atoms with Gasteiger partial charge in [0, 0.05) is 12.8 Å². The molecule has 1 amide bonds. The number of amides is 1. The quantitative estimate of drug-likeness (QED) is 0.790. The third-order valence-corrected chi connectivity index (χ3v) is 2.35. The molecule has 1 heterocycles. The molecule has 0 unspecified atom stereocenters. The molecule has 1 saturated carbocycles. The van der Waals surface area contributed by atoms with Crippen LogP contribution in [0.25, 0.3) is 0 Å². The molecule has 0 atom stereocenters. The summed E-state index contributed by atoms with van der Waals surface area (Å²) in [5.74, 6) is -3.33. The van der Waals surface area contributed by atoms with Crippen LogP contribution in [-0.2, 0) is 12.0 Å². The van der Waals surface area contributed by atoms with Crippen LogP contribution >= 0.6 is 0 Å². The predicted molar refractivity (Wildman–Crippen MR) is 44.1 cm³/mol. The van der Waals surface area contributed by atoms with Crippen molar-refractivity contribution in [3.8, 4) is 0 Å². The summed E-state index contributed by atoms with van der Waals surface area (Å²) in [6, 6.07) is 0. The minimum atomic E-state index is -4.77. The Hall–Kier alpha value is -1.60. The van der Waals surface area contributed by atoms with Crippen molar-refractivity contribution < 1.29 is 22.4 Å². The number of nitrogens with zero attached hydrogens (tertiary/aromatic N) is 2. The van der Waals surface area contributed by atoms with Crippen molar-refractivity contribution in [2.75, 3.05) is 0 Å². The Morgan fingerprint density at radius 1 is 1.50 bits per heavy atom. The van der Waals surface area contributed by atoms with E-state index in [0.29, 0.717) is 10.9 Å². The van der Waals surface area contributed by atoms with Crippen molar-refractivity contribution in [1.82, 2.24) is 9.78 Å². The molecule has 2 rings (SSSR count). The molecule has 1 fully saturated rings. The normalized spacial score (nSPS) is 18.5. The molecule has 1 aromatic rings. The summed E-state index contributed by atoms with van der Waals surface area (Å²) in [5, 5.41) is 3.26. The monoisotopic (exact) mass is 237 g/mol. The molecule has 0 bridgehead atoms. The molecule has 2 N–H and O–H groups in total. The van der Waals surface area contributed by atoms with Crippen molar-refractivity contribution in [3.63, 3.8) is 0 Å². The van der Waals surface area contributed by atoms with Gasteiger partial charge < -0.3 is 5.73 Å². The summed E-state index contributed by atoms with van der Waals surface area (Å²) < 4.78 is 51.3. The maximum absolute atomic E-state index is 13.6. The second-order valence-electron chi connectivity index (χ2n) is 3.60. The molecule has 8 heteroatoms. The first-order valence-corrected chi connectivity index (χ1v) is 4.40. The largest absolute Gasteiger partial charge is 0.420 e. The molecule has 0 aromatic carbocycles. The molecule has 1 aromatic heterocycles. The van der Waals surface area contributed by atoms with Gasteiger partial charge in [0.1, 0.15) is 11.3 Å². The zero-order valence-corrected chi connectivity index (χ0v) is 7.88. The Kier molecular flexibility index (Phi) is 2.01. The topological polar surface area (TPSA) is 60.9 Å². The SMILES string of the molecule is NC(=O)c1c(C(F)(F)F)cnn1C1(F)CC1. The Balaban J connectivity index is 2.57. The lowest BCUT2D eigenvalue weighted by Gasteiger charge is -2.10. The van der Waals surface area contributed by atoms with Gasteiger partial charge in [-0.15, -0.1) is 0 Å². The van der Waals surface area contributed by atoms with E-state index < -0.39 is 29.1 Å². The zero-order chi connectivity index (χ0) is 12.1. The van der Waals surface area contributed by atoms with Gasteiger partial charge in [-0.05, 0) is 0 Å². The van der Waals surface area contributed by atoms with E-state index in [1.165, 1.54) is 0 Å². The average Bonchev–Trinajstić information content (AvgIpc) is 2.72. The van der Waals surface area contributed by atoms with Crippen molar-refractivity contribution in [2.45, 2.75) is 24.8 Å². The van der Waals surface area contributed by atoms with Crippen LogP contribution in [-0.4, -0.2) is 15.7 Å². The number of carbonyl (C=O) groups excluding carboxylic acids is 1. The van der Waals surface area contributed by atoms with Crippen molar-refractivity contribution in [3.05, 3.63) is 17.5 Å². The third kappa shape index (κ3) is 1.54. The smallest absolute Gasteiger partial charge is 0.364 e. The van der Waals surface area contributed by atoms with Crippen LogP contribution in [0.4, 0.5) is 17.6 Å². The van der Waals surface area contributed by atoms with Gasteiger partial charge in [-0.25, -0.2) is 9.07 Å². The van der Waals surface area contributed by atoms with Crippen LogP contribution in [0, 0.1) is 0 Å². The highest BCUT2D eigenvalue weighted by molar-refractivity contribution is 5.92. The maximum Gasteiger partial charge on any atom is 0.420 e. The van der Waals surface area contributed by atoms with E-state index >= 15 is 0 Å². The number of hydrogen-bond acceptors (Lipinski definition) is 2.